The molecule has 2 heterocycles. The summed E-state index contributed by atoms with van der Waals surface area (Å²) in [6.07, 6.45) is 2.11. The van der Waals surface area contributed by atoms with Crippen LogP contribution in [0.25, 0.3) is 0 Å². The maximum absolute atomic E-state index is 14.6. The molecule has 0 spiro atoms. The summed E-state index contributed by atoms with van der Waals surface area (Å²) in [5.41, 5.74) is 8.32. The molecule has 0 saturated carbocycles. The van der Waals surface area contributed by atoms with Gasteiger partial charge in [0.1, 0.15) is 0 Å². The lowest BCUT2D eigenvalue weighted by Crippen LogP contribution is -2.53. The zero-order valence-corrected chi connectivity index (χ0v) is 25.3. The SMILES string of the molecule is Cc1ccccc1C(=O)C1(c2ccccc2)C=C(CNCCN2CCN(c3ccc(Cl)cc3)CC2)NN1c1ccccc1. The second kappa shape index (κ2) is 13.0. The van der Waals surface area contributed by atoms with Crippen molar-refractivity contribution in [3.63, 3.8) is 0 Å². The van der Waals surface area contributed by atoms with Gasteiger partial charge in [-0.3, -0.25) is 20.1 Å². The van der Waals surface area contributed by atoms with Gasteiger partial charge in [-0.05, 0) is 60.5 Å². The molecular weight excluding hydrogens is 554 g/mol. The maximum Gasteiger partial charge on any atom is 0.199 e. The van der Waals surface area contributed by atoms with Crippen LogP contribution in [0, 0.1) is 6.92 Å². The van der Waals surface area contributed by atoms with Crippen molar-refractivity contribution in [1.29, 1.82) is 0 Å². The summed E-state index contributed by atoms with van der Waals surface area (Å²) < 4.78 is 0. The topological polar surface area (TPSA) is 50.9 Å². The van der Waals surface area contributed by atoms with Crippen LogP contribution in [0.1, 0.15) is 21.5 Å². The van der Waals surface area contributed by atoms with Crippen molar-refractivity contribution >= 4 is 28.8 Å². The van der Waals surface area contributed by atoms with E-state index in [-0.39, 0.29) is 5.78 Å². The number of nitrogens with one attached hydrogen (secondary N) is 2. The Morgan fingerprint density at radius 1 is 0.814 bits per heavy atom. The number of anilines is 2. The van der Waals surface area contributed by atoms with Crippen LogP contribution in [0.2, 0.25) is 5.02 Å². The number of para-hydroxylation sites is 1. The Labute approximate surface area is 259 Å². The molecule has 2 aliphatic heterocycles. The summed E-state index contributed by atoms with van der Waals surface area (Å²) in [5.74, 6) is 0.0433. The van der Waals surface area contributed by atoms with Gasteiger partial charge in [0, 0.05) is 67.8 Å². The van der Waals surface area contributed by atoms with Crippen molar-refractivity contribution in [3.05, 3.63) is 143 Å². The molecule has 0 amide bonds. The van der Waals surface area contributed by atoms with E-state index in [1.807, 2.05) is 109 Å². The van der Waals surface area contributed by atoms with Gasteiger partial charge >= 0.3 is 0 Å². The number of aryl methyl sites for hydroxylation is 1. The second-order valence-electron chi connectivity index (χ2n) is 11.2. The lowest BCUT2D eigenvalue weighted by Gasteiger charge is -2.38. The molecule has 1 atom stereocenters. The number of hydrazine groups is 1. The Balaban J connectivity index is 1.18. The summed E-state index contributed by atoms with van der Waals surface area (Å²) in [7, 11) is 0. The zero-order chi connectivity index (χ0) is 29.6. The third-order valence-electron chi connectivity index (χ3n) is 8.44. The first-order valence-corrected chi connectivity index (χ1v) is 15.4. The van der Waals surface area contributed by atoms with E-state index in [2.05, 4.69) is 38.8 Å². The van der Waals surface area contributed by atoms with Crippen molar-refractivity contribution in [2.75, 3.05) is 55.7 Å². The fraction of sp³-hybridized carbons (Fsp3) is 0.250. The van der Waals surface area contributed by atoms with E-state index in [9.17, 15) is 4.79 Å². The fourth-order valence-electron chi connectivity index (χ4n) is 6.09. The highest BCUT2D eigenvalue weighted by atomic mass is 35.5. The van der Waals surface area contributed by atoms with Gasteiger partial charge in [-0.1, -0.05) is 84.4 Å². The smallest absolute Gasteiger partial charge is 0.199 e. The average molecular weight is 592 g/mol. The van der Waals surface area contributed by atoms with Gasteiger partial charge in [0.25, 0.3) is 0 Å². The number of Topliss-reactive ketones (excluding diaryl/α,β-unsaturated/α-hetero) is 1. The molecule has 2 aliphatic rings. The van der Waals surface area contributed by atoms with Crippen molar-refractivity contribution in [2.24, 2.45) is 0 Å². The minimum absolute atomic E-state index is 0.0433. The molecule has 6 nitrogen and oxygen atoms in total. The van der Waals surface area contributed by atoms with E-state index in [1.165, 1.54) is 5.69 Å². The third-order valence-corrected chi connectivity index (χ3v) is 8.69. The molecule has 7 heteroatoms. The molecule has 2 N–H and O–H groups in total. The number of carbonyl (C=O) groups excluding carboxylic acids is 1. The largest absolute Gasteiger partial charge is 0.369 e. The van der Waals surface area contributed by atoms with Crippen LogP contribution in [0.5, 0.6) is 0 Å². The molecular formula is C36H38ClN5O. The molecule has 0 radical (unpaired) electrons. The predicted molar refractivity (Wildman–Crippen MR) is 177 cm³/mol. The number of hydrogen-bond acceptors (Lipinski definition) is 6. The van der Waals surface area contributed by atoms with Gasteiger partial charge in [-0.2, -0.15) is 0 Å². The third kappa shape index (κ3) is 6.18. The van der Waals surface area contributed by atoms with Gasteiger partial charge in [0.15, 0.2) is 11.3 Å². The standard InChI is InChI=1S/C36H38ClN5O/c1-28-10-8-9-15-34(28)35(43)36(29-11-4-2-5-12-29)26-31(39-42(36)33-13-6-3-7-14-33)27-38-20-21-40-22-24-41(25-23-40)32-18-16-30(37)17-19-32/h2-19,26,38-39H,20-25,27H2,1H3. The van der Waals surface area contributed by atoms with E-state index in [1.54, 1.807) is 0 Å². The molecule has 6 rings (SSSR count). The Morgan fingerprint density at radius 3 is 2.16 bits per heavy atom. The highest BCUT2D eigenvalue weighted by molar-refractivity contribution is 6.30. The first kappa shape index (κ1) is 29.0. The van der Waals surface area contributed by atoms with Crippen LogP contribution < -0.4 is 20.7 Å². The van der Waals surface area contributed by atoms with E-state index in [4.69, 9.17) is 11.6 Å². The molecule has 4 aromatic rings. The predicted octanol–water partition coefficient (Wildman–Crippen LogP) is 6.05. The Hall–Kier alpha value is -4.10. The van der Waals surface area contributed by atoms with Crippen molar-refractivity contribution in [1.82, 2.24) is 15.6 Å². The minimum Gasteiger partial charge on any atom is -0.369 e. The second-order valence-corrected chi connectivity index (χ2v) is 11.6. The van der Waals surface area contributed by atoms with Gasteiger partial charge in [0.05, 0.1) is 5.69 Å². The summed E-state index contributed by atoms with van der Waals surface area (Å²) in [6.45, 7) is 8.50. The number of benzene rings is 4. The van der Waals surface area contributed by atoms with Gasteiger partial charge in [0.2, 0.25) is 0 Å². The monoisotopic (exact) mass is 591 g/mol. The molecule has 0 aromatic heterocycles. The molecule has 1 saturated heterocycles. The highest BCUT2D eigenvalue weighted by Crippen LogP contribution is 2.41. The van der Waals surface area contributed by atoms with Crippen molar-refractivity contribution in [2.45, 2.75) is 12.5 Å². The van der Waals surface area contributed by atoms with E-state index in [0.717, 1.165) is 72.4 Å². The molecule has 43 heavy (non-hydrogen) atoms. The zero-order valence-electron chi connectivity index (χ0n) is 24.5. The lowest BCUT2D eigenvalue weighted by atomic mass is 9.80. The van der Waals surface area contributed by atoms with Gasteiger partial charge in [-0.25, -0.2) is 0 Å². The summed E-state index contributed by atoms with van der Waals surface area (Å²) in [4.78, 5) is 19.6. The Kier molecular flexibility index (Phi) is 8.79. The van der Waals surface area contributed by atoms with Crippen LogP contribution in [0.3, 0.4) is 0 Å². The quantitative estimate of drug-likeness (QED) is 0.173. The van der Waals surface area contributed by atoms with E-state index >= 15 is 0 Å². The minimum atomic E-state index is -1.04. The van der Waals surface area contributed by atoms with Crippen LogP contribution in [0.15, 0.2) is 121 Å². The number of rotatable bonds is 10. The number of nitrogens with zero attached hydrogens (tertiary/aromatic N) is 3. The molecule has 0 aliphatic carbocycles. The normalized spacial score (nSPS) is 18.8. The highest BCUT2D eigenvalue weighted by Gasteiger charge is 2.49. The molecule has 1 unspecified atom stereocenters. The summed E-state index contributed by atoms with van der Waals surface area (Å²) in [5, 5.41) is 6.44. The molecule has 1 fully saturated rings. The molecule has 4 aromatic carbocycles. The van der Waals surface area contributed by atoms with Gasteiger partial charge in [-0.15, -0.1) is 0 Å². The number of hydrogen-bond donors (Lipinski definition) is 2. The number of piperazine rings is 1. The average Bonchev–Trinajstić information content (AvgIpc) is 3.45. The number of halogens is 1. The maximum atomic E-state index is 14.6. The molecule has 220 valence electrons. The fourth-order valence-corrected chi connectivity index (χ4v) is 6.22. The Bertz CT molecular complexity index is 1550. The van der Waals surface area contributed by atoms with Crippen LogP contribution in [-0.2, 0) is 5.54 Å². The Morgan fingerprint density at radius 2 is 1.47 bits per heavy atom. The lowest BCUT2D eigenvalue weighted by molar-refractivity contribution is 0.0914. The van der Waals surface area contributed by atoms with E-state index < -0.39 is 5.54 Å². The van der Waals surface area contributed by atoms with Crippen LogP contribution in [0.4, 0.5) is 11.4 Å². The van der Waals surface area contributed by atoms with Crippen LogP contribution in [-0.4, -0.2) is 56.5 Å². The first-order chi connectivity index (χ1) is 21.0. The van der Waals surface area contributed by atoms with Crippen molar-refractivity contribution in [3.8, 4) is 0 Å². The van der Waals surface area contributed by atoms with E-state index in [0.29, 0.717) is 6.54 Å². The van der Waals surface area contributed by atoms with Crippen molar-refractivity contribution < 1.29 is 4.79 Å². The molecule has 0 bridgehead atoms. The summed E-state index contributed by atoms with van der Waals surface area (Å²) >= 11 is 6.07. The number of ketones is 1. The first-order valence-electron chi connectivity index (χ1n) is 15.0. The number of carbonyl (C=O) groups is 1. The van der Waals surface area contributed by atoms with Gasteiger partial charge < -0.3 is 10.2 Å². The van der Waals surface area contributed by atoms with Crippen LogP contribution >= 0.6 is 11.6 Å². The summed E-state index contributed by atoms with van der Waals surface area (Å²) in [6, 6.07) is 36.2.